The van der Waals surface area contributed by atoms with Crippen molar-refractivity contribution >= 4 is 45.2 Å². The number of rotatable bonds is 3. The van der Waals surface area contributed by atoms with Crippen molar-refractivity contribution in [2.45, 2.75) is 19.3 Å². The molecule has 0 spiro atoms. The molecular formula is C23H20N2O2S. The number of hydrogen-bond acceptors (Lipinski definition) is 4. The maximum Gasteiger partial charge on any atom is 0.282 e. The first-order valence-electron chi connectivity index (χ1n) is 9.65. The largest absolute Gasteiger partial charge is 0.366 e. The number of benzene rings is 2. The van der Waals surface area contributed by atoms with Crippen molar-refractivity contribution in [3.05, 3.63) is 70.6 Å². The molecular weight excluding hydrogens is 368 g/mol. The van der Waals surface area contributed by atoms with Crippen LogP contribution in [0.3, 0.4) is 0 Å². The van der Waals surface area contributed by atoms with E-state index in [4.69, 9.17) is 0 Å². The molecule has 4 nitrogen and oxygen atoms in total. The molecule has 2 aliphatic heterocycles. The second-order valence-electron chi connectivity index (χ2n) is 7.19. The van der Waals surface area contributed by atoms with Gasteiger partial charge in [-0.25, -0.2) is 4.90 Å². The van der Waals surface area contributed by atoms with E-state index in [1.165, 1.54) is 22.7 Å². The lowest BCUT2D eigenvalue weighted by Gasteiger charge is -2.29. The van der Waals surface area contributed by atoms with Crippen LogP contribution in [0.25, 0.3) is 16.3 Å². The minimum absolute atomic E-state index is 0.202. The van der Waals surface area contributed by atoms with Crippen LogP contribution in [0.1, 0.15) is 24.1 Å². The number of carbonyl (C=O) groups excluding carboxylic acids is 2. The number of hydrogen-bond donors (Lipinski definition) is 0. The number of anilines is 1. The highest BCUT2D eigenvalue weighted by Crippen LogP contribution is 2.39. The molecule has 28 heavy (non-hydrogen) atoms. The fraction of sp³-hybridized carbons (Fsp3) is 0.217. The molecule has 0 unspecified atom stereocenters. The third-order valence-corrected chi connectivity index (χ3v) is 6.39. The molecule has 5 heteroatoms. The Morgan fingerprint density at radius 2 is 1.57 bits per heavy atom. The van der Waals surface area contributed by atoms with Gasteiger partial charge in [0.05, 0.1) is 11.3 Å². The summed E-state index contributed by atoms with van der Waals surface area (Å²) in [6, 6.07) is 17.5. The van der Waals surface area contributed by atoms with E-state index in [-0.39, 0.29) is 11.8 Å². The quantitative estimate of drug-likeness (QED) is 0.612. The highest BCUT2D eigenvalue weighted by molar-refractivity contribution is 7.11. The predicted octanol–water partition coefficient (Wildman–Crippen LogP) is 4.67. The maximum atomic E-state index is 13.6. The Morgan fingerprint density at radius 3 is 2.36 bits per heavy atom. The summed E-state index contributed by atoms with van der Waals surface area (Å²) in [6.45, 7) is 1.65. The molecule has 0 saturated carbocycles. The summed E-state index contributed by atoms with van der Waals surface area (Å²) in [7, 11) is 0. The van der Waals surface area contributed by atoms with Gasteiger partial charge in [0.1, 0.15) is 5.70 Å². The van der Waals surface area contributed by atoms with E-state index in [9.17, 15) is 9.59 Å². The molecule has 3 heterocycles. The van der Waals surface area contributed by atoms with E-state index in [1.807, 2.05) is 60.0 Å². The first kappa shape index (κ1) is 17.2. The SMILES string of the molecule is O=C1C(c2cccs2)=C(N2CCCCC2)C(=O)N1c1cccc2ccccc12. The number of carbonyl (C=O) groups is 2. The Morgan fingerprint density at radius 1 is 0.786 bits per heavy atom. The molecule has 1 saturated heterocycles. The van der Waals surface area contributed by atoms with Crippen LogP contribution >= 0.6 is 11.3 Å². The van der Waals surface area contributed by atoms with Gasteiger partial charge < -0.3 is 4.90 Å². The highest BCUT2D eigenvalue weighted by atomic mass is 32.1. The van der Waals surface area contributed by atoms with Crippen LogP contribution in [0.5, 0.6) is 0 Å². The summed E-state index contributed by atoms with van der Waals surface area (Å²) in [5, 5.41) is 3.89. The molecule has 3 aromatic rings. The summed E-state index contributed by atoms with van der Waals surface area (Å²) >= 11 is 1.51. The van der Waals surface area contributed by atoms with Gasteiger partial charge in [-0.15, -0.1) is 11.3 Å². The first-order chi connectivity index (χ1) is 13.8. The zero-order valence-corrected chi connectivity index (χ0v) is 16.2. The molecule has 0 atom stereocenters. The van der Waals surface area contributed by atoms with Gasteiger partial charge in [0.15, 0.2) is 0 Å². The summed E-state index contributed by atoms with van der Waals surface area (Å²) in [5.41, 5.74) is 1.78. The molecule has 0 aliphatic carbocycles. The normalized spacial score (nSPS) is 17.9. The van der Waals surface area contributed by atoms with Gasteiger partial charge in [-0.3, -0.25) is 9.59 Å². The molecule has 0 bridgehead atoms. The molecule has 2 aromatic carbocycles. The van der Waals surface area contributed by atoms with Crippen LogP contribution in [0.2, 0.25) is 0 Å². The Labute approximate surface area is 167 Å². The van der Waals surface area contributed by atoms with Crippen molar-refractivity contribution in [1.29, 1.82) is 0 Å². The molecule has 1 fully saturated rings. The third-order valence-electron chi connectivity index (χ3n) is 5.51. The molecule has 0 N–H and O–H groups in total. The van der Waals surface area contributed by atoms with Crippen LogP contribution < -0.4 is 4.90 Å². The highest BCUT2D eigenvalue weighted by Gasteiger charge is 2.43. The van der Waals surface area contributed by atoms with Crippen molar-refractivity contribution in [1.82, 2.24) is 4.90 Å². The molecule has 2 aliphatic rings. The topological polar surface area (TPSA) is 40.6 Å². The number of nitrogens with zero attached hydrogens (tertiary/aromatic N) is 2. The number of fused-ring (bicyclic) bond motifs is 1. The first-order valence-corrected chi connectivity index (χ1v) is 10.5. The Kier molecular flexibility index (Phi) is 4.24. The minimum Gasteiger partial charge on any atom is -0.366 e. The average molecular weight is 388 g/mol. The number of amides is 2. The molecule has 1 aromatic heterocycles. The van der Waals surface area contributed by atoms with E-state index in [0.29, 0.717) is 17.0 Å². The average Bonchev–Trinajstić information content (AvgIpc) is 3.34. The number of imide groups is 1. The van der Waals surface area contributed by atoms with E-state index in [0.717, 1.165) is 41.6 Å². The van der Waals surface area contributed by atoms with Crippen molar-refractivity contribution < 1.29 is 9.59 Å². The van der Waals surface area contributed by atoms with Crippen LogP contribution in [-0.4, -0.2) is 29.8 Å². The standard InChI is InChI=1S/C23H20N2O2S/c26-22-20(19-12-7-15-28-19)21(24-13-4-1-5-14-24)23(27)25(22)18-11-6-9-16-8-2-3-10-17(16)18/h2-3,6-12,15H,1,4-5,13-14H2. The number of likely N-dealkylation sites (tertiary alicyclic amines) is 1. The fourth-order valence-corrected chi connectivity index (χ4v) is 4.96. The van der Waals surface area contributed by atoms with Crippen molar-refractivity contribution in [2.75, 3.05) is 18.0 Å². The summed E-state index contributed by atoms with van der Waals surface area (Å²) in [6.07, 6.45) is 3.28. The van der Waals surface area contributed by atoms with Crippen LogP contribution in [0.4, 0.5) is 5.69 Å². The molecule has 2 amide bonds. The maximum absolute atomic E-state index is 13.6. The van der Waals surface area contributed by atoms with Crippen molar-refractivity contribution in [3.63, 3.8) is 0 Å². The van der Waals surface area contributed by atoms with Crippen molar-refractivity contribution in [2.24, 2.45) is 0 Å². The third kappa shape index (κ3) is 2.66. The second-order valence-corrected chi connectivity index (χ2v) is 8.14. The van der Waals surface area contributed by atoms with E-state index in [2.05, 4.69) is 4.90 Å². The molecule has 140 valence electrons. The monoisotopic (exact) mass is 388 g/mol. The number of thiophene rings is 1. The van der Waals surface area contributed by atoms with Crippen LogP contribution in [0.15, 0.2) is 65.7 Å². The zero-order valence-electron chi connectivity index (χ0n) is 15.4. The van der Waals surface area contributed by atoms with Gasteiger partial charge in [-0.2, -0.15) is 0 Å². The van der Waals surface area contributed by atoms with Gasteiger partial charge in [0.2, 0.25) is 0 Å². The van der Waals surface area contributed by atoms with E-state index >= 15 is 0 Å². The van der Waals surface area contributed by atoms with Gasteiger partial charge in [0.25, 0.3) is 11.8 Å². The Hall–Kier alpha value is -2.92. The van der Waals surface area contributed by atoms with Gasteiger partial charge in [-0.05, 0) is 42.2 Å². The van der Waals surface area contributed by atoms with Gasteiger partial charge in [0, 0.05) is 23.4 Å². The fourth-order valence-electron chi connectivity index (χ4n) is 4.19. The van der Waals surface area contributed by atoms with Gasteiger partial charge >= 0.3 is 0 Å². The number of piperidine rings is 1. The Balaban J connectivity index is 1.67. The van der Waals surface area contributed by atoms with E-state index in [1.54, 1.807) is 0 Å². The van der Waals surface area contributed by atoms with Crippen LogP contribution in [0, 0.1) is 0 Å². The second kappa shape index (κ2) is 6.91. The van der Waals surface area contributed by atoms with E-state index < -0.39 is 0 Å². The minimum atomic E-state index is -0.218. The molecule has 5 rings (SSSR count). The van der Waals surface area contributed by atoms with Gasteiger partial charge in [-0.1, -0.05) is 42.5 Å². The summed E-state index contributed by atoms with van der Waals surface area (Å²) < 4.78 is 0. The van der Waals surface area contributed by atoms with Crippen LogP contribution in [-0.2, 0) is 9.59 Å². The lowest BCUT2D eigenvalue weighted by Crippen LogP contribution is -2.37. The lowest BCUT2D eigenvalue weighted by atomic mass is 10.1. The predicted molar refractivity (Wildman–Crippen MR) is 113 cm³/mol. The summed E-state index contributed by atoms with van der Waals surface area (Å²) in [5.74, 6) is -0.420. The van der Waals surface area contributed by atoms with Crippen molar-refractivity contribution in [3.8, 4) is 0 Å². The smallest absolute Gasteiger partial charge is 0.282 e. The Bertz CT molecular complexity index is 1090. The lowest BCUT2D eigenvalue weighted by molar-refractivity contribution is -0.120. The summed E-state index contributed by atoms with van der Waals surface area (Å²) in [4.78, 5) is 31.5. The molecule has 0 radical (unpaired) electrons. The zero-order chi connectivity index (χ0) is 19.1.